The number of hydrogen-bond acceptors (Lipinski definition) is 5. The highest BCUT2D eigenvalue weighted by molar-refractivity contribution is 7.13. The number of aromatic nitrogens is 1. The van der Waals surface area contributed by atoms with Crippen LogP contribution in [0.25, 0.3) is 10.6 Å². The number of amides is 1. The van der Waals surface area contributed by atoms with Crippen LogP contribution in [-0.2, 0) is 0 Å². The molecule has 2 atom stereocenters. The van der Waals surface area contributed by atoms with E-state index in [0.29, 0.717) is 23.1 Å². The van der Waals surface area contributed by atoms with Crippen molar-refractivity contribution in [3.63, 3.8) is 0 Å². The van der Waals surface area contributed by atoms with Gasteiger partial charge in [-0.05, 0) is 37.0 Å². The third-order valence-corrected chi connectivity index (χ3v) is 6.92. The van der Waals surface area contributed by atoms with Gasteiger partial charge in [0.05, 0.1) is 19.8 Å². The van der Waals surface area contributed by atoms with Crippen molar-refractivity contribution >= 4 is 17.2 Å². The molecule has 31 heavy (non-hydrogen) atoms. The van der Waals surface area contributed by atoms with Gasteiger partial charge >= 0.3 is 0 Å². The third kappa shape index (κ3) is 4.17. The molecule has 1 aliphatic heterocycles. The number of para-hydroxylation sites is 1. The molecule has 0 N–H and O–H groups in total. The summed E-state index contributed by atoms with van der Waals surface area (Å²) in [6.07, 6.45) is 3.06. The van der Waals surface area contributed by atoms with E-state index in [2.05, 4.69) is 31.2 Å². The minimum Gasteiger partial charge on any atom is -0.493 e. The summed E-state index contributed by atoms with van der Waals surface area (Å²) in [5.74, 6) is 1.63. The predicted octanol–water partition coefficient (Wildman–Crippen LogP) is 5.63. The third-order valence-electron chi connectivity index (χ3n) is 6.05. The Balaban J connectivity index is 1.60. The fourth-order valence-electron chi connectivity index (χ4n) is 4.59. The first-order valence-corrected chi connectivity index (χ1v) is 11.6. The van der Waals surface area contributed by atoms with Gasteiger partial charge in [-0.25, -0.2) is 4.98 Å². The van der Waals surface area contributed by atoms with Crippen LogP contribution >= 0.6 is 11.3 Å². The molecule has 0 unspecified atom stereocenters. The van der Waals surface area contributed by atoms with Crippen LogP contribution in [0.1, 0.15) is 48.2 Å². The normalized spacial score (nSPS) is 16.9. The summed E-state index contributed by atoms with van der Waals surface area (Å²) in [4.78, 5) is 20.2. The molecule has 0 spiro atoms. The Kier molecular flexibility index (Phi) is 6.56. The molecule has 6 heteroatoms. The average Bonchev–Trinajstić information content (AvgIpc) is 3.50. The highest BCUT2D eigenvalue weighted by Gasteiger charge is 2.36. The number of hydrogen-bond donors (Lipinski definition) is 0. The van der Waals surface area contributed by atoms with Crippen molar-refractivity contribution in [3.8, 4) is 22.1 Å². The molecule has 1 amide bonds. The number of carbonyl (C=O) groups is 1. The zero-order valence-electron chi connectivity index (χ0n) is 18.2. The van der Waals surface area contributed by atoms with Crippen molar-refractivity contribution in [1.82, 2.24) is 9.88 Å². The summed E-state index contributed by atoms with van der Waals surface area (Å²) in [7, 11) is 3.23. The predicted molar refractivity (Wildman–Crippen MR) is 124 cm³/mol. The summed E-state index contributed by atoms with van der Waals surface area (Å²) < 4.78 is 11.0. The van der Waals surface area contributed by atoms with Crippen molar-refractivity contribution in [3.05, 3.63) is 65.2 Å². The lowest BCUT2D eigenvalue weighted by atomic mass is 9.87. The molecule has 1 saturated heterocycles. The lowest BCUT2D eigenvalue weighted by Gasteiger charge is -2.31. The molecule has 1 aliphatic rings. The van der Waals surface area contributed by atoms with E-state index in [9.17, 15) is 4.79 Å². The number of thiazole rings is 1. The fourth-order valence-corrected chi connectivity index (χ4v) is 5.41. The van der Waals surface area contributed by atoms with Gasteiger partial charge in [0.15, 0.2) is 11.5 Å². The molecule has 0 aliphatic carbocycles. The molecule has 0 saturated carbocycles. The molecule has 1 fully saturated rings. The minimum absolute atomic E-state index is 0.0150. The largest absolute Gasteiger partial charge is 0.493 e. The maximum atomic E-state index is 13.4. The summed E-state index contributed by atoms with van der Waals surface area (Å²) in [6.45, 7) is 2.98. The van der Waals surface area contributed by atoms with Gasteiger partial charge in [-0.1, -0.05) is 43.3 Å². The Hall–Kier alpha value is -2.86. The first-order valence-electron chi connectivity index (χ1n) is 10.7. The topological polar surface area (TPSA) is 51.7 Å². The number of benzene rings is 2. The SMILES string of the molecule is CC[C@H](c1ccccc1)[C@H]1CCCN1C(=O)c1csc(-c2cccc(OC)c2OC)n1. The second-order valence-corrected chi connectivity index (χ2v) is 8.57. The highest BCUT2D eigenvalue weighted by Crippen LogP contribution is 2.40. The van der Waals surface area contributed by atoms with Gasteiger partial charge in [-0.3, -0.25) is 4.79 Å². The van der Waals surface area contributed by atoms with E-state index in [1.807, 2.05) is 34.5 Å². The van der Waals surface area contributed by atoms with Crippen LogP contribution in [0.3, 0.4) is 0 Å². The summed E-state index contributed by atoms with van der Waals surface area (Å²) in [5.41, 5.74) is 2.63. The zero-order valence-corrected chi connectivity index (χ0v) is 19.0. The molecule has 1 aromatic heterocycles. The molecule has 2 heterocycles. The number of rotatable bonds is 7. The smallest absolute Gasteiger partial charge is 0.273 e. The van der Waals surface area contributed by atoms with E-state index < -0.39 is 0 Å². The Morgan fingerprint density at radius 1 is 1.16 bits per heavy atom. The molecule has 5 nitrogen and oxygen atoms in total. The Morgan fingerprint density at radius 2 is 1.97 bits per heavy atom. The van der Waals surface area contributed by atoms with Crippen LogP contribution in [0.2, 0.25) is 0 Å². The fraction of sp³-hybridized carbons (Fsp3) is 0.360. The first kappa shape index (κ1) is 21.4. The van der Waals surface area contributed by atoms with Gasteiger partial charge in [-0.15, -0.1) is 11.3 Å². The minimum atomic E-state index is 0.0150. The van der Waals surface area contributed by atoms with E-state index in [4.69, 9.17) is 14.5 Å². The highest BCUT2D eigenvalue weighted by atomic mass is 32.1. The molecule has 0 radical (unpaired) electrons. The van der Waals surface area contributed by atoms with Gasteiger partial charge < -0.3 is 14.4 Å². The van der Waals surface area contributed by atoms with Crippen LogP contribution in [-0.4, -0.2) is 42.6 Å². The Labute approximate surface area is 187 Å². The van der Waals surface area contributed by atoms with Crippen LogP contribution in [0.15, 0.2) is 53.9 Å². The summed E-state index contributed by atoms with van der Waals surface area (Å²) >= 11 is 1.46. The zero-order chi connectivity index (χ0) is 21.8. The lowest BCUT2D eigenvalue weighted by Crippen LogP contribution is -2.39. The maximum Gasteiger partial charge on any atom is 0.273 e. The van der Waals surface area contributed by atoms with Gasteiger partial charge in [0.1, 0.15) is 10.7 Å². The van der Waals surface area contributed by atoms with Crippen LogP contribution in [0, 0.1) is 0 Å². The van der Waals surface area contributed by atoms with Crippen molar-refractivity contribution in [2.24, 2.45) is 0 Å². The first-order chi connectivity index (χ1) is 15.2. The Bertz CT molecular complexity index is 1030. The number of likely N-dealkylation sites (tertiary alicyclic amines) is 1. The average molecular weight is 437 g/mol. The van der Waals surface area contributed by atoms with Crippen molar-refractivity contribution < 1.29 is 14.3 Å². The number of ether oxygens (including phenoxy) is 2. The van der Waals surface area contributed by atoms with Crippen molar-refractivity contribution in [2.45, 2.75) is 38.1 Å². The Morgan fingerprint density at radius 3 is 2.68 bits per heavy atom. The van der Waals surface area contributed by atoms with Gasteiger partial charge in [0.25, 0.3) is 5.91 Å². The molecule has 3 aromatic rings. The van der Waals surface area contributed by atoms with E-state index in [-0.39, 0.29) is 11.9 Å². The summed E-state index contributed by atoms with van der Waals surface area (Å²) in [5, 5.41) is 2.61. The van der Waals surface area contributed by atoms with Crippen LogP contribution in [0.5, 0.6) is 11.5 Å². The van der Waals surface area contributed by atoms with E-state index >= 15 is 0 Å². The quantitative estimate of drug-likeness (QED) is 0.482. The molecule has 4 rings (SSSR count). The van der Waals surface area contributed by atoms with Gasteiger partial charge in [0, 0.05) is 23.9 Å². The number of nitrogens with zero attached hydrogens (tertiary/aromatic N) is 2. The van der Waals surface area contributed by atoms with Crippen LogP contribution < -0.4 is 9.47 Å². The van der Waals surface area contributed by atoms with E-state index in [1.54, 1.807) is 14.2 Å². The standard InChI is InChI=1S/C25H28N2O3S/c1-4-18(17-10-6-5-7-11-17)21-13-9-15-27(21)25(28)20-16-31-24(26-20)19-12-8-14-22(29-2)23(19)30-3/h5-8,10-12,14,16,18,21H,4,9,13,15H2,1-3H3/t18-,21-/m1/s1. The molecule has 2 aromatic carbocycles. The number of methoxy groups -OCH3 is 2. The number of carbonyl (C=O) groups excluding carboxylic acids is 1. The molecule has 162 valence electrons. The van der Waals surface area contributed by atoms with Crippen molar-refractivity contribution in [2.75, 3.05) is 20.8 Å². The van der Waals surface area contributed by atoms with E-state index in [0.717, 1.165) is 36.4 Å². The van der Waals surface area contributed by atoms with Gasteiger partial charge in [-0.2, -0.15) is 0 Å². The van der Waals surface area contributed by atoms with Crippen LogP contribution in [0.4, 0.5) is 0 Å². The second kappa shape index (κ2) is 9.52. The van der Waals surface area contributed by atoms with E-state index in [1.165, 1.54) is 16.9 Å². The molecule has 0 bridgehead atoms. The molecular formula is C25H28N2O3S. The molecular weight excluding hydrogens is 408 g/mol. The van der Waals surface area contributed by atoms with Gasteiger partial charge in [0.2, 0.25) is 0 Å². The van der Waals surface area contributed by atoms with Crippen molar-refractivity contribution in [1.29, 1.82) is 0 Å². The maximum absolute atomic E-state index is 13.4. The monoisotopic (exact) mass is 436 g/mol. The second-order valence-electron chi connectivity index (χ2n) is 7.71. The summed E-state index contributed by atoms with van der Waals surface area (Å²) in [6, 6.07) is 16.4. The lowest BCUT2D eigenvalue weighted by molar-refractivity contribution is 0.0709.